The van der Waals surface area contributed by atoms with E-state index >= 15 is 0 Å². The third-order valence-electron chi connectivity index (χ3n) is 3.29. The zero-order valence-electron chi connectivity index (χ0n) is 12.5. The number of rotatable bonds is 5. The van der Waals surface area contributed by atoms with Crippen LogP contribution in [0, 0.1) is 6.92 Å². The zero-order chi connectivity index (χ0) is 14.7. The van der Waals surface area contributed by atoms with Crippen LogP contribution in [0.15, 0.2) is 30.7 Å². The minimum absolute atomic E-state index is 0.352. The van der Waals surface area contributed by atoms with Gasteiger partial charge in [0.05, 0.1) is 24.3 Å². The van der Waals surface area contributed by atoms with Crippen molar-refractivity contribution in [2.75, 3.05) is 0 Å². The largest absolute Gasteiger partial charge is 0.487 e. The molecule has 0 radical (unpaired) electrons. The highest BCUT2D eigenvalue weighted by Crippen LogP contribution is 2.27. The number of aromatic nitrogens is 2. The Balaban J connectivity index is 2.17. The fourth-order valence-electron chi connectivity index (χ4n) is 2.19. The summed E-state index contributed by atoms with van der Waals surface area (Å²) in [6, 6.07) is 6.21. The maximum absolute atomic E-state index is 9.83. The minimum Gasteiger partial charge on any atom is -0.487 e. The molecule has 0 bridgehead atoms. The van der Waals surface area contributed by atoms with Crippen molar-refractivity contribution in [2.24, 2.45) is 0 Å². The third-order valence-corrected chi connectivity index (χ3v) is 3.29. The molecule has 4 nitrogen and oxygen atoms in total. The van der Waals surface area contributed by atoms with E-state index in [9.17, 15) is 5.11 Å². The van der Waals surface area contributed by atoms with Crippen LogP contribution in [0.25, 0.3) is 0 Å². The fourth-order valence-corrected chi connectivity index (χ4v) is 2.19. The van der Waals surface area contributed by atoms with Crippen LogP contribution in [-0.2, 0) is 6.61 Å². The van der Waals surface area contributed by atoms with Crippen LogP contribution in [0.1, 0.15) is 49.7 Å². The number of nitrogens with zero attached hydrogens (tertiary/aromatic N) is 2. The van der Waals surface area contributed by atoms with Crippen molar-refractivity contribution < 1.29 is 9.84 Å². The summed E-state index contributed by atoms with van der Waals surface area (Å²) in [6.07, 6.45) is 3.09. The Bertz CT molecular complexity index is 574. The van der Waals surface area contributed by atoms with Gasteiger partial charge in [-0.3, -0.25) is 0 Å². The molecule has 0 saturated heterocycles. The molecule has 0 spiro atoms. The lowest BCUT2D eigenvalue weighted by atomic mass is 10.1. The van der Waals surface area contributed by atoms with E-state index in [4.69, 9.17) is 4.74 Å². The molecule has 0 fully saturated rings. The van der Waals surface area contributed by atoms with Gasteiger partial charge in [-0.15, -0.1) is 0 Å². The molecule has 1 aromatic heterocycles. The molecule has 0 aliphatic carbocycles. The highest BCUT2D eigenvalue weighted by atomic mass is 16.5. The molecular weight excluding hydrogens is 252 g/mol. The first kappa shape index (κ1) is 14.6. The summed E-state index contributed by atoms with van der Waals surface area (Å²) in [6.45, 7) is 8.42. The summed E-state index contributed by atoms with van der Waals surface area (Å²) in [5.41, 5.74) is 2.96. The highest BCUT2D eigenvalue weighted by Gasteiger charge is 2.11. The second-order valence-electron chi connectivity index (χ2n) is 5.39. The molecule has 0 aliphatic rings. The number of hydrogen-bond acceptors (Lipinski definition) is 3. The fraction of sp³-hybridized carbons (Fsp3) is 0.438. The molecule has 1 N–H and O–H groups in total. The maximum atomic E-state index is 9.83. The molecular formula is C16H22N2O2. The topological polar surface area (TPSA) is 47.3 Å². The average Bonchev–Trinajstić information content (AvgIpc) is 2.85. The van der Waals surface area contributed by atoms with Gasteiger partial charge in [0.1, 0.15) is 12.4 Å². The van der Waals surface area contributed by atoms with Gasteiger partial charge in [0.25, 0.3) is 0 Å². The Morgan fingerprint density at radius 1 is 1.30 bits per heavy atom. The lowest BCUT2D eigenvalue weighted by Gasteiger charge is -2.16. The normalized spacial score (nSPS) is 12.7. The third kappa shape index (κ3) is 3.20. The molecule has 20 heavy (non-hydrogen) atoms. The number of imidazole rings is 1. The lowest BCUT2D eigenvalue weighted by molar-refractivity contribution is 0.189. The summed E-state index contributed by atoms with van der Waals surface area (Å²) in [5, 5.41) is 9.83. The molecule has 108 valence electrons. The number of ether oxygens (including phenoxy) is 1. The van der Waals surface area contributed by atoms with Gasteiger partial charge in [-0.05, 0) is 39.8 Å². The van der Waals surface area contributed by atoms with E-state index in [1.54, 1.807) is 6.92 Å². The Labute approximate surface area is 120 Å². The van der Waals surface area contributed by atoms with Gasteiger partial charge in [0.15, 0.2) is 0 Å². The van der Waals surface area contributed by atoms with E-state index in [0.717, 1.165) is 22.6 Å². The predicted octanol–water partition coefficient (Wildman–Crippen LogP) is 3.40. The smallest absolute Gasteiger partial charge is 0.130 e. The van der Waals surface area contributed by atoms with Crippen LogP contribution in [0.4, 0.5) is 0 Å². The van der Waals surface area contributed by atoms with Crippen molar-refractivity contribution in [1.82, 2.24) is 9.55 Å². The Morgan fingerprint density at radius 2 is 2.05 bits per heavy atom. The monoisotopic (exact) mass is 274 g/mol. The number of benzene rings is 1. The van der Waals surface area contributed by atoms with Gasteiger partial charge in [-0.1, -0.05) is 11.6 Å². The lowest BCUT2D eigenvalue weighted by Crippen LogP contribution is -2.08. The van der Waals surface area contributed by atoms with Gasteiger partial charge >= 0.3 is 0 Å². The molecule has 2 rings (SSSR count). The first-order valence-electron chi connectivity index (χ1n) is 6.91. The Hall–Kier alpha value is -1.81. The molecule has 4 heteroatoms. The average molecular weight is 274 g/mol. The van der Waals surface area contributed by atoms with Gasteiger partial charge in [-0.2, -0.15) is 0 Å². The summed E-state index contributed by atoms with van der Waals surface area (Å²) in [4.78, 5) is 4.16. The molecule has 0 saturated carbocycles. The predicted molar refractivity (Wildman–Crippen MR) is 78.8 cm³/mol. The highest BCUT2D eigenvalue weighted by molar-refractivity contribution is 5.38. The molecule has 0 unspecified atom stereocenters. The second kappa shape index (κ2) is 6.09. The van der Waals surface area contributed by atoms with Crippen LogP contribution < -0.4 is 4.74 Å². The first-order chi connectivity index (χ1) is 9.49. The number of aliphatic hydroxyl groups excluding tert-OH is 1. The van der Waals surface area contributed by atoms with Crippen molar-refractivity contribution in [3.05, 3.63) is 47.5 Å². The van der Waals surface area contributed by atoms with Crippen molar-refractivity contribution >= 4 is 0 Å². The SMILES string of the molecule is Cc1ccc(OCc2cncn2C(C)C)c([C@H](C)O)c1. The van der Waals surface area contributed by atoms with Crippen molar-refractivity contribution in [3.8, 4) is 5.75 Å². The van der Waals surface area contributed by atoms with E-state index in [1.807, 2.05) is 37.6 Å². The summed E-state index contributed by atoms with van der Waals surface area (Å²) in [7, 11) is 0. The quantitative estimate of drug-likeness (QED) is 0.909. The molecule has 1 atom stereocenters. The van der Waals surface area contributed by atoms with Gasteiger partial charge in [0.2, 0.25) is 0 Å². The molecule has 1 heterocycles. The standard InChI is InChI=1S/C16H22N2O2/c1-11(2)18-10-17-8-14(18)9-20-16-6-5-12(3)7-15(16)13(4)19/h5-8,10-11,13,19H,9H2,1-4H3/t13-/m0/s1. The van der Waals surface area contributed by atoms with Crippen LogP contribution >= 0.6 is 0 Å². The first-order valence-corrected chi connectivity index (χ1v) is 6.91. The molecule has 2 aromatic rings. The van der Waals surface area contributed by atoms with E-state index in [2.05, 4.69) is 23.4 Å². The number of hydrogen-bond donors (Lipinski definition) is 1. The Morgan fingerprint density at radius 3 is 2.70 bits per heavy atom. The van der Waals surface area contributed by atoms with E-state index in [-0.39, 0.29) is 0 Å². The van der Waals surface area contributed by atoms with E-state index in [0.29, 0.717) is 12.6 Å². The van der Waals surface area contributed by atoms with Crippen LogP contribution in [0.5, 0.6) is 5.75 Å². The van der Waals surface area contributed by atoms with Crippen LogP contribution in [0.3, 0.4) is 0 Å². The van der Waals surface area contributed by atoms with Crippen molar-refractivity contribution in [3.63, 3.8) is 0 Å². The van der Waals surface area contributed by atoms with Crippen molar-refractivity contribution in [2.45, 2.75) is 46.4 Å². The summed E-state index contributed by atoms with van der Waals surface area (Å²) in [5.74, 6) is 0.724. The Kier molecular flexibility index (Phi) is 4.45. The molecule has 0 aliphatic heterocycles. The van der Waals surface area contributed by atoms with E-state index < -0.39 is 6.10 Å². The van der Waals surface area contributed by atoms with Crippen LogP contribution in [-0.4, -0.2) is 14.7 Å². The van der Waals surface area contributed by atoms with Crippen LogP contribution in [0.2, 0.25) is 0 Å². The summed E-state index contributed by atoms with van der Waals surface area (Å²) >= 11 is 0. The molecule has 0 amide bonds. The van der Waals surface area contributed by atoms with Gasteiger partial charge in [0, 0.05) is 11.6 Å². The summed E-state index contributed by atoms with van der Waals surface area (Å²) < 4.78 is 7.95. The van der Waals surface area contributed by atoms with Crippen molar-refractivity contribution in [1.29, 1.82) is 0 Å². The van der Waals surface area contributed by atoms with Gasteiger partial charge in [-0.25, -0.2) is 4.98 Å². The number of aliphatic hydroxyl groups is 1. The number of aryl methyl sites for hydroxylation is 1. The maximum Gasteiger partial charge on any atom is 0.130 e. The zero-order valence-corrected chi connectivity index (χ0v) is 12.5. The molecule has 1 aromatic carbocycles. The minimum atomic E-state index is -0.542. The van der Waals surface area contributed by atoms with Gasteiger partial charge < -0.3 is 14.4 Å². The second-order valence-corrected chi connectivity index (χ2v) is 5.39. The van der Waals surface area contributed by atoms with E-state index in [1.165, 1.54) is 0 Å².